The van der Waals surface area contributed by atoms with Crippen molar-refractivity contribution in [1.29, 1.82) is 0 Å². The van der Waals surface area contributed by atoms with Crippen LogP contribution in [0.1, 0.15) is 52.3 Å². The number of benzene rings is 6. The Morgan fingerprint density at radius 3 is 2.07 bits per heavy atom. The number of aliphatic hydroxyl groups excluding tert-OH is 1. The third-order valence-corrected chi connectivity index (χ3v) is 10.5. The lowest BCUT2D eigenvalue weighted by Crippen LogP contribution is -2.52. The van der Waals surface area contributed by atoms with E-state index in [9.17, 15) is 4.79 Å². The summed E-state index contributed by atoms with van der Waals surface area (Å²) in [6.45, 7) is 1.70. The molecule has 0 unspecified atom stereocenters. The van der Waals surface area contributed by atoms with Crippen LogP contribution in [0.5, 0.6) is 17.2 Å². The standard InChI is InChI=1S/C50H48BrN3O6/c51-43-24-20-41(21-25-43)47-50(30-10-18-37-12-4-1-5-13-37,53-48(60-47)42-22-26-44(27-23-42)57-33-11-32-55)49(56)54-52-31-29-38-19-28-45(58-35-39-14-6-2-7-15-39)46(34-38)59-36-40-16-8-3-9-17-40/h1-10,12-28,34,47,52,55H,11,29-33,35-36H2,(H,54,56)/b18-10+/t47-,50-/m0/s1. The molecule has 0 aliphatic carbocycles. The van der Waals surface area contributed by atoms with Crippen LogP contribution < -0.4 is 25.1 Å². The Balaban J connectivity index is 1.10. The number of rotatable bonds is 20. The summed E-state index contributed by atoms with van der Waals surface area (Å²) in [4.78, 5) is 19.8. The number of hydrogen-bond acceptors (Lipinski definition) is 8. The molecule has 6 aromatic carbocycles. The molecule has 2 atom stereocenters. The predicted octanol–water partition coefficient (Wildman–Crippen LogP) is 9.59. The first-order valence-corrected chi connectivity index (χ1v) is 20.9. The van der Waals surface area contributed by atoms with Crippen LogP contribution in [0, 0.1) is 0 Å². The molecule has 0 spiro atoms. The van der Waals surface area contributed by atoms with Crippen LogP contribution in [-0.2, 0) is 29.2 Å². The van der Waals surface area contributed by atoms with Crippen LogP contribution in [0.3, 0.4) is 0 Å². The third-order valence-electron chi connectivity index (χ3n) is 9.96. The van der Waals surface area contributed by atoms with Crippen molar-refractivity contribution in [3.05, 3.63) is 202 Å². The molecule has 60 heavy (non-hydrogen) atoms. The van der Waals surface area contributed by atoms with Gasteiger partial charge in [-0.2, -0.15) is 0 Å². The molecule has 0 aromatic heterocycles. The Hall–Kier alpha value is -6.20. The van der Waals surface area contributed by atoms with Crippen molar-refractivity contribution in [3.8, 4) is 17.2 Å². The Morgan fingerprint density at radius 2 is 1.40 bits per heavy atom. The van der Waals surface area contributed by atoms with Crippen molar-refractivity contribution < 1.29 is 28.8 Å². The van der Waals surface area contributed by atoms with E-state index < -0.39 is 11.6 Å². The number of halogens is 1. The smallest absolute Gasteiger partial charge is 0.266 e. The fourth-order valence-electron chi connectivity index (χ4n) is 6.76. The van der Waals surface area contributed by atoms with E-state index in [0.717, 1.165) is 32.3 Å². The minimum Gasteiger partial charge on any atom is -0.494 e. The molecule has 1 aliphatic heterocycles. The number of amides is 1. The highest BCUT2D eigenvalue weighted by Gasteiger charge is 2.52. The van der Waals surface area contributed by atoms with Gasteiger partial charge in [0.2, 0.25) is 5.90 Å². The van der Waals surface area contributed by atoms with Crippen LogP contribution in [-0.4, -0.2) is 42.2 Å². The summed E-state index contributed by atoms with van der Waals surface area (Å²) in [6, 6.07) is 51.2. The van der Waals surface area contributed by atoms with E-state index in [1.165, 1.54) is 0 Å². The summed E-state index contributed by atoms with van der Waals surface area (Å²) >= 11 is 3.55. The van der Waals surface area contributed by atoms with E-state index >= 15 is 0 Å². The molecule has 0 saturated carbocycles. The highest BCUT2D eigenvalue weighted by atomic mass is 79.9. The number of aliphatic hydroxyl groups is 1. The number of hydrazine groups is 1. The van der Waals surface area contributed by atoms with E-state index in [1.54, 1.807) is 0 Å². The average Bonchev–Trinajstić information content (AvgIpc) is 3.69. The molecule has 9 nitrogen and oxygen atoms in total. The zero-order chi connectivity index (χ0) is 41.4. The highest BCUT2D eigenvalue weighted by molar-refractivity contribution is 9.10. The van der Waals surface area contributed by atoms with Gasteiger partial charge in [-0.15, -0.1) is 0 Å². The lowest BCUT2D eigenvalue weighted by molar-refractivity contribution is -0.129. The molecule has 6 aromatic rings. The van der Waals surface area contributed by atoms with E-state index in [1.807, 2.05) is 170 Å². The Labute approximate surface area is 359 Å². The van der Waals surface area contributed by atoms with Gasteiger partial charge in [-0.3, -0.25) is 10.2 Å². The SMILES string of the molecule is O=C(NNCCc1ccc(OCc2ccccc2)c(OCc2ccccc2)c1)[C@@]1(C/C=C/c2ccccc2)N=C(c2ccc(OCCCO)cc2)O[C@H]1c1ccc(Br)cc1. The molecular formula is C50H48BrN3O6. The fourth-order valence-corrected chi connectivity index (χ4v) is 7.02. The van der Waals surface area contributed by atoms with Crippen LogP contribution in [0.15, 0.2) is 173 Å². The number of nitrogens with one attached hydrogen (secondary N) is 2. The maximum atomic E-state index is 14.7. The van der Waals surface area contributed by atoms with Gasteiger partial charge in [0.15, 0.2) is 23.1 Å². The molecule has 7 rings (SSSR count). The number of ether oxygens (including phenoxy) is 4. The van der Waals surface area contributed by atoms with Crippen LogP contribution in [0.25, 0.3) is 6.08 Å². The summed E-state index contributed by atoms with van der Waals surface area (Å²) < 4.78 is 25.9. The summed E-state index contributed by atoms with van der Waals surface area (Å²) in [5.74, 6) is 1.99. The third kappa shape index (κ3) is 11.3. The van der Waals surface area contributed by atoms with E-state index in [0.29, 0.717) is 67.9 Å². The minimum atomic E-state index is -1.37. The van der Waals surface area contributed by atoms with Crippen molar-refractivity contribution >= 4 is 33.8 Å². The maximum absolute atomic E-state index is 14.7. The molecule has 1 heterocycles. The molecule has 0 bridgehead atoms. The van der Waals surface area contributed by atoms with E-state index in [2.05, 4.69) is 26.8 Å². The van der Waals surface area contributed by atoms with Crippen LogP contribution in [0.4, 0.5) is 0 Å². The number of hydrogen-bond donors (Lipinski definition) is 3. The molecule has 10 heteroatoms. The van der Waals surface area contributed by atoms with Gasteiger partial charge in [-0.05, 0) is 82.8 Å². The van der Waals surface area contributed by atoms with Crippen molar-refractivity contribution in [1.82, 2.24) is 10.9 Å². The van der Waals surface area contributed by atoms with Crippen LogP contribution >= 0.6 is 15.9 Å². The topological polar surface area (TPSA) is 111 Å². The quantitative estimate of drug-likeness (QED) is 0.0518. The minimum absolute atomic E-state index is 0.0566. The second kappa shape index (κ2) is 21.2. The number of carbonyl (C=O) groups is 1. The summed E-state index contributed by atoms with van der Waals surface area (Å²) in [5, 5.41) is 9.16. The predicted molar refractivity (Wildman–Crippen MR) is 239 cm³/mol. The molecule has 1 aliphatic rings. The van der Waals surface area contributed by atoms with Crippen molar-refractivity contribution in [2.45, 2.75) is 44.1 Å². The highest BCUT2D eigenvalue weighted by Crippen LogP contribution is 2.43. The number of aliphatic imine (C=N–C) groups is 1. The molecule has 0 fully saturated rings. The lowest BCUT2D eigenvalue weighted by Gasteiger charge is -2.30. The van der Waals surface area contributed by atoms with Crippen LogP contribution in [0.2, 0.25) is 0 Å². The van der Waals surface area contributed by atoms with Gasteiger partial charge in [0, 0.05) is 36.0 Å². The molecule has 306 valence electrons. The zero-order valence-electron chi connectivity index (χ0n) is 33.2. The second-order valence-corrected chi connectivity index (χ2v) is 15.2. The summed E-state index contributed by atoms with van der Waals surface area (Å²) in [5.41, 5.74) is 10.5. The largest absolute Gasteiger partial charge is 0.494 e. The van der Waals surface area contributed by atoms with Crippen molar-refractivity contribution in [2.24, 2.45) is 4.99 Å². The maximum Gasteiger partial charge on any atom is 0.266 e. The van der Waals surface area contributed by atoms with E-state index in [-0.39, 0.29) is 18.9 Å². The monoisotopic (exact) mass is 865 g/mol. The van der Waals surface area contributed by atoms with Gasteiger partial charge in [0.25, 0.3) is 5.91 Å². The number of carbonyl (C=O) groups excluding carboxylic acids is 1. The zero-order valence-corrected chi connectivity index (χ0v) is 34.8. The molecule has 3 N–H and O–H groups in total. The first-order valence-electron chi connectivity index (χ1n) is 20.1. The normalized spacial score (nSPS) is 15.9. The van der Waals surface area contributed by atoms with Gasteiger partial charge in [-0.1, -0.05) is 137 Å². The molecule has 1 amide bonds. The fraction of sp³-hybridized carbons (Fsp3) is 0.200. The first-order chi connectivity index (χ1) is 29.5. The average molecular weight is 867 g/mol. The second-order valence-electron chi connectivity index (χ2n) is 14.3. The molecule has 0 saturated heterocycles. The Bertz CT molecular complexity index is 2320. The summed E-state index contributed by atoms with van der Waals surface area (Å²) in [7, 11) is 0. The van der Waals surface area contributed by atoms with Crippen molar-refractivity contribution in [3.63, 3.8) is 0 Å². The molecule has 0 radical (unpaired) electrons. The van der Waals surface area contributed by atoms with Gasteiger partial charge in [-0.25, -0.2) is 10.4 Å². The Morgan fingerprint density at radius 1 is 0.750 bits per heavy atom. The summed E-state index contributed by atoms with van der Waals surface area (Å²) in [6.07, 6.45) is 4.63. The van der Waals surface area contributed by atoms with Gasteiger partial charge >= 0.3 is 0 Å². The lowest BCUT2D eigenvalue weighted by atomic mass is 9.84. The Kier molecular flexibility index (Phi) is 14.8. The molecular weight excluding hydrogens is 818 g/mol. The van der Waals surface area contributed by atoms with Gasteiger partial charge in [0.1, 0.15) is 19.0 Å². The van der Waals surface area contributed by atoms with Crippen molar-refractivity contribution in [2.75, 3.05) is 19.8 Å². The number of nitrogens with zero attached hydrogens (tertiary/aromatic N) is 1. The van der Waals surface area contributed by atoms with Gasteiger partial charge < -0.3 is 24.1 Å². The van der Waals surface area contributed by atoms with Gasteiger partial charge in [0.05, 0.1) is 6.61 Å². The first kappa shape index (κ1) is 41.9. The van der Waals surface area contributed by atoms with E-state index in [4.69, 9.17) is 29.0 Å².